The zero-order valence-corrected chi connectivity index (χ0v) is 24.9. The van der Waals surface area contributed by atoms with Crippen molar-refractivity contribution in [3.8, 4) is 0 Å². The van der Waals surface area contributed by atoms with Gasteiger partial charge < -0.3 is 26.0 Å². The van der Waals surface area contributed by atoms with Crippen molar-refractivity contribution in [3.05, 3.63) is 59.7 Å². The molecule has 0 spiro atoms. The van der Waals surface area contributed by atoms with E-state index in [9.17, 15) is 14.7 Å². The normalized spacial score (nSPS) is 15.5. The molecule has 2 amide bonds. The molecule has 4 N–H and O–H groups in total. The fourth-order valence-corrected chi connectivity index (χ4v) is 5.85. The van der Waals surface area contributed by atoms with Crippen LogP contribution in [0.5, 0.6) is 0 Å². The van der Waals surface area contributed by atoms with Crippen LogP contribution in [0.2, 0.25) is 0 Å². The highest BCUT2D eigenvalue weighted by Crippen LogP contribution is 2.27. The van der Waals surface area contributed by atoms with Gasteiger partial charge in [0.15, 0.2) is 0 Å². The maximum absolute atomic E-state index is 13.6. The zero-order valence-electron chi connectivity index (χ0n) is 24.1. The van der Waals surface area contributed by atoms with Crippen LogP contribution in [0.4, 0.5) is 11.4 Å². The fourth-order valence-electron chi connectivity index (χ4n) is 4.65. The predicted octanol–water partition coefficient (Wildman–Crippen LogP) is 4.70. The number of hydrogen-bond acceptors (Lipinski definition) is 6. The topological polar surface area (TPSA) is 93.7 Å². The van der Waals surface area contributed by atoms with E-state index in [1.165, 1.54) is 0 Å². The van der Waals surface area contributed by atoms with E-state index in [0.717, 1.165) is 34.9 Å². The Morgan fingerprint density at radius 2 is 1.90 bits per heavy atom. The van der Waals surface area contributed by atoms with E-state index in [0.29, 0.717) is 44.0 Å². The van der Waals surface area contributed by atoms with Gasteiger partial charge in [-0.05, 0) is 69.0 Å². The van der Waals surface area contributed by atoms with E-state index in [1.807, 2.05) is 61.2 Å². The molecule has 1 fully saturated rings. The van der Waals surface area contributed by atoms with Gasteiger partial charge in [-0.15, -0.1) is 0 Å². The molecule has 8 heteroatoms. The molecule has 1 aliphatic rings. The van der Waals surface area contributed by atoms with Crippen LogP contribution in [-0.2, 0) is 11.2 Å². The predicted molar refractivity (Wildman–Crippen MR) is 164 cm³/mol. The van der Waals surface area contributed by atoms with Crippen molar-refractivity contribution in [1.82, 2.24) is 10.6 Å². The summed E-state index contributed by atoms with van der Waals surface area (Å²) >= 11 is 1.91. The van der Waals surface area contributed by atoms with Crippen molar-refractivity contribution < 1.29 is 14.7 Å². The molecule has 0 aromatic heterocycles. The van der Waals surface area contributed by atoms with Crippen LogP contribution < -0.4 is 20.9 Å². The number of carbonyl (C=O) groups is 2. The lowest BCUT2D eigenvalue weighted by Crippen LogP contribution is -2.53. The van der Waals surface area contributed by atoms with Gasteiger partial charge in [0.05, 0.1) is 12.1 Å². The summed E-state index contributed by atoms with van der Waals surface area (Å²) in [7, 11) is 0. The smallest absolute Gasteiger partial charge is 0.251 e. The molecule has 7 nitrogen and oxygen atoms in total. The third-order valence-electron chi connectivity index (χ3n) is 6.73. The molecule has 1 saturated heterocycles. The van der Waals surface area contributed by atoms with Gasteiger partial charge in [0.2, 0.25) is 5.91 Å². The largest absolute Gasteiger partial charge is 0.390 e. The van der Waals surface area contributed by atoms with Crippen molar-refractivity contribution in [2.75, 3.05) is 41.4 Å². The molecule has 214 valence electrons. The first kappa shape index (κ1) is 31.0. The van der Waals surface area contributed by atoms with Gasteiger partial charge in [-0.1, -0.05) is 44.2 Å². The molecule has 0 radical (unpaired) electrons. The van der Waals surface area contributed by atoms with Crippen LogP contribution in [0.15, 0.2) is 48.5 Å². The summed E-state index contributed by atoms with van der Waals surface area (Å²) in [6.07, 6.45) is 1.05. The van der Waals surface area contributed by atoms with E-state index >= 15 is 0 Å². The summed E-state index contributed by atoms with van der Waals surface area (Å²) in [5.74, 6) is 2.47. The van der Waals surface area contributed by atoms with Gasteiger partial charge in [-0.3, -0.25) is 9.59 Å². The number of aliphatic hydroxyl groups excluding tert-OH is 1. The quantitative estimate of drug-likeness (QED) is 0.255. The van der Waals surface area contributed by atoms with Crippen LogP contribution in [0.1, 0.15) is 63.4 Å². The highest BCUT2D eigenvalue weighted by Gasteiger charge is 2.27. The Kier molecular flexibility index (Phi) is 11.7. The van der Waals surface area contributed by atoms with Crippen molar-refractivity contribution in [2.24, 2.45) is 5.92 Å². The average molecular weight is 555 g/mol. The zero-order chi connectivity index (χ0) is 28.4. The number of amides is 2. The SMILES string of the molecule is CCNc1cc(C(=O)N[C@@H](Cc2ccccc2)[C@@H](O)CNC(C)(C)CSCC(C)C)cc(N2CCCC2=O)c1. The lowest BCUT2D eigenvalue weighted by Gasteiger charge is -2.31. The van der Waals surface area contributed by atoms with E-state index < -0.39 is 12.1 Å². The van der Waals surface area contributed by atoms with Crippen molar-refractivity contribution >= 4 is 35.0 Å². The molecule has 0 aliphatic carbocycles. The third kappa shape index (κ3) is 9.85. The summed E-state index contributed by atoms with van der Waals surface area (Å²) in [6.45, 7) is 12.4. The van der Waals surface area contributed by atoms with Crippen LogP contribution in [0.3, 0.4) is 0 Å². The Labute approximate surface area is 238 Å². The number of rotatable bonds is 15. The highest BCUT2D eigenvalue weighted by molar-refractivity contribution is 7.99. The summed E-state index contributed by atoms with van der Waals surface area (Å²) < 4.78 is 0. The van der Waals surface area contributed by atoms with Crippen molar-refractivity contribution in [3.63, 3.8) is 0 Å². The molecule has 1 heterocycles. The molecular formula is C31H46N4O3S. The van der Waals surface area contributed by atoms with Crippen LogP contribution >= 0.6 is 11.8 Å². The van der Waals surface area contributed by atoms with Gasteiger partial charge >= 0.3 is 0 Å². The van der Waals surface area contributed by atoms with Crippen molar-refractivity contribution in [1.29, 1.82) is 0 Å². The second kappa shape index (κ2) is 14.7. The van der Waals surface area contributed by atoms with Gasteiger partial charge in [-0.2, -0.15) is 11.8 Å². The monoisotopic (exact) mass is 554 g/mol. The summed E-state index contributed by atoms with van der Waals surface area (Å²) in [5, 5.41) is 21.2. The van der Waals surface area contributed by atoms with E-state index in [4.69, 9.17) is 0 Å². The number of nitrogens with zero attached hydrogens (tertiary/aromatic N) is 1. The summed E-state index contributed by atoms with van der Waals surface area (Å²) in [6, 6.07) is 14.9. The minimum absolute atomic E-state index is 0.0765. The summed E-state index contributed by atoms with van der Waals surface area (Å²) in [5.41, 5.74) is 2.87. The fraction of sp³-hybridized carbons (Fsp3) is 0.548. The Morgan fingerprint density at radius 1 is 1.15 bits per heavy atom. The van der Waals surface area contributed by atoms with Crippen LogP contribution in [-0.4, -0.2) is 65.7 Å². The average Bonchev–Trinajstić information content (AvgIpc) is 3.33. The second-order valence-corrected chi connectivity index (χ2v) is 12.5. The molecule has 0 unspecified atom stereocenters. The molecular weight excluding hydrogens is 508 g/mol. The number of aliphatic hydroxyl groups is 1. The van der Waals surface area contributed by atoms with E-state index in [1.54, 1.807) is 11.0 Å². The third-order valence-corrected chi connectivity index (χ3v) is 8.56. The van der Waals surface area contributed by atoms with E-state index in [-0.39, 0.29) is 17.4 Å². The Morgan fingerprint density at radius 3 is 2.54 bits per heavy atom. The van der Waals surface area contributed by atoms with Crippen LogP contribution in [0.25, 0.3) is 0 Å². The standard InChI is InChI=1S/C31H46N4O3S/c1-6-32-25-16-24(17-26(18-25)35-14-10-13-29(35)37)30(38)34-27(15-23-11-8-7-9-12-23)28(36)19-33-31(4,5)21-39-20-22(2)3/h7-9,11-12,16-18,22,27-28,32-33,36H,6,10,13-15,19-21H2,1-5H3,(H,34,38)/t27-,28-/m0/s1. The Hall–Kier alpha value is -2.55. The number of β-amino-alcohol motifs (C(OH)–C–C–N with tert-alkyl or cyclic N) is 1. The Bertz CT molecular complexity index is 1080. The summed E-state index contributed by atoms with van der Waals surface area (Å²) in [4.78, 5) is 27.7. The van der Waals surface area contributed by atoms with Gasteiger partial charge in [-0.25, -0.2) is 0 Å². The van der Waals surface area contributed by atoms with E-state index in [2.05, 4.69) is 43.6 Å². The first-order valence-electron chi connectivity index (χ1n) is 14.1. The number of thioether (sulfide) groups is 1. The minimum Gasteiger partial charge on any atom is -0.390 e. The van der Waals surface area contributed by atoms with Gasteiger partial charge in [0.1, 0.15) is 0 Å². The number of hydrogen-bond donors (Lipinski definition) is 4. The van der Waals surface area contributed by atoms with Crippen LogP contribution in [0, 0.1) is 5.92 Å². The van der Waals surface area contributed by atoms with Gasteiger partial charge in [0.25, 0.3) is 5.91 Å². The highest BCUT2D eigenvalue weighted by atomic mass is 32.2. The first-order valence-corrected chi connectivity index (χ1v) is 15.3. The molecule has 1 aliphatic heterocycles. The number of carbonyl (C=O) groups excluding carboxylic acids is 2. The lowest BCUT2D eigenvalue weighted by atomic mass is 9.99. The first-order chi connectivity index (χ1) is 18.6. The lowest BCUT2D eigenvalue weighted by molar-refractivity contribution is -0.117. The molecule has 0 saturated carbocycles. The number of benzene rings is 2. The number of nitrogens with one attached hydrogen (secondary N) is 3. The maximum atomic E-state index is 13.6. The maximum Gasteiger partial charge on any atom is 0.251 e. The molecule has 3 rings (SSSR count). The minimum atomic E-state index is -0.792. The Balaban J connectivity index is 1.77. The molecule has 0 bridgehead atoms. The second-order valence-electron chi connectivity index (χ2n) is 11.5. The molecule has 39 heavy (non-hydrogen) atoms. The van der Waals surface area contributed by atoms with Gasteiger partial charge in [0, 0.05) is 54.3 Å². The molecule has 2 aromatic rings. The van der Waals surface area contributed by atoms with Crippen molar-refractivity contribution in [2.45, 2.75) is 71.6 Å². The number of anilines is 2. The molecule has 2 atom stereocenters. The molecule has 2 aromatic carbocycles.